The number of ether oxygens (including phenoxy) is 1. The largest absolute Gasteiger partial charge is 0.444 e. The van der Waals surface area contributed by atoms with E-state index in [0.717, 1.165) is 67.4 Å². The Morgan fingerprint density at radius 3 is 2.69 bits per heavy atom. The van der Waals surface area contributed by atoms with Gasteiger partial charge in [-0.1, -0.05) is 25.5 Å². The van der Waals surface area contributed by atoms with E-state index in [2.05, 4.69) is 40.4 Å². The molecule has 0 bridgehead atoms. The van der Waals surface area contributed by atoms with Crippen LogP contribution in [0.3, 0.4) is 0 Å². The molecule has 0 radical (unpaired) electrons. The van der Waals surface area contributed by atoms with E-state index in [1.807, 2.05) is 27.0 Å². The van der Waals surface area contributed by atoms with Crippen molar-refractivity contribution in [2.75, 3.05) is 18.0 Å². The molecule has 0 saturated carbocycles. The lowest BCUT2D eigenvalue weighted by atomic mass is 9.88. The number of alkyl carbamates (subject to hydrolysis) is 1. The van der Waals surface area contributed by atoms with Crippen LogP contribution in [0.25, 0.3) is 11.0 Å². The first-order valence-corrected chi connectivity index (χ1v) is 14.4. The summed E-state index contributed by atoms with van der Waals surface area (Å²) in [4.78, 5) is 27.5. The zero-order valence-corrected chi connectivity index (χ0v) is 23.9. The van der Waals surface area contributed by atoms with Crippen LogP contribution in [0.1, 0.15) is 76.3 Å². The van der Waals surface area contributed by atoms with Crippen molar-refractivity contribution in [3.05, 3.63) is 51.1 Å². The van der Waals surface area contributed by atoms with Crippen molar-refractivity contribution < 1.29 is 13.9 Å². The quantitative estimate of drug-likeness (QED) is 0.413. The van der Waals surface area contributed by atoms with Crippen molar-refractivity contribution in [2.24, 2.45) is 5.92 Å². The van der Waals surface area contributed by atoms with E-state index >= 15 is 0 Å². The molecule has 0 spiro atoms. The van der Waals surface area contributed by atoms with E-state index in [4.69, 9.17) is 9.15 Å². The van der Waals surface area contributed by atoms with Gasteiger partial charge in [0.25, 0.3) is 0 Å². The number of aromatic nitrogens is 3. The Balaban J connectivity index is 1.32. The number of anilines is 1. The molecule has 1 amide bonds. The second-order valence-electron chi connectivity index (χ2n) is 12.1. The molecule has 9 nitrogen and oxygen atoms in total. The van der Waals surface area contributed by atoms with Crippen molar-refractivity contribution in [1.82, 2.24) is 20.3 Å². The summed E-state index contributed by atoms with van der Waals surface area (Å²) in [5.74, 6) is 0.239. The number of benzene rings is 1. The number of carbonyl (C=O) groups excluding carboxylic acids is 1. The third-order valence-electron chi connectivity index (χ3n) is 7.97. The molecule has 5 rings (SSSR count). The molecule has 3 aromatic rings. The summed E-state index contributed by atoms with van der Waals surface area (Å²) in [5, 5.41) is 12.8. The third-order valence-corrected chi connectivity index (χ3v) is 7.97. The van der Waals surface area contributed by atoms with Crippen LogP contribution in [0.15, 0.2) is 27.5 Å². The van der Waals surface area contributed by atoms with Crippen LogP contribution in [-0.4, -0.2) is 45.8 Å². The number of hydrogen-bond donors (Lipinski definition) is 1. The number of aryl methyl sites for hydroxylation is 4. The average Bonchev–Trinajstić information content (AvgIpc) is 3.33. The summed E-state index contributed by atoms with van der Waals surface area (Å²) in [5.41, 5.74) is 5.64. The van der Waals surface area contributed by atoms with Gasteiger partial charge in [0.05, 0.1) is 18.3 Å². The van der Waals surface area contributed by atoms with Gasteiger partial charge < -0.3 is 19.4 Å². The molecule has 2 aliphatic rings. The molecule has 0 saturated heterocycles. The lowest BCUT2D eigenvalue weighted by Gasteiger charge is -2.37. The Hall–Kier alpha value is -3.36. The predicted molar refractivity (Wildman–Crippen MR) is 151 cm³/mol. The van der Waals surface area contributed by atoms with Crippen molar-refractivity contribution in [1.29, 1.82) is 0 Å². The predicted octanol–water partition coefficient (Wildman–Crippen LogP) is 4.81. The van der Waals surface area contributed by atoms with Crippen molar-refractivity contribution >= 4 is 22.7 Å². The van der Waals surface area contributed by atoms with Crippen LogP contribution in [0.2, 0.25) is 0 Å². The fourth-order valence-corrected chi connectivity index (χ4v) is 5.86. The highest BCUT2D eigenvalue weighted by Gasteiger charge is 2.28. The van der Waals surface area contributed by atoms with Crippen LogP contribution in [0, 0.1) is 5.92 Å². The molecule has 4 heterocycles. The maximum absolute atomic E-state index is 12.6. The normalized spacial score (nSPS) is 16.6. The first-order valence-electron chi connectivity index (χ1n) is 14.4. The minimum Gasteiger partial charge on any atom is -0.444 e. The second kappa shape index (κ2) is 11.0. The van der Waals surface area contributed by atoms with Crippen molar-refractivity contribution in [2.45, 2.75) is 97.8 Å². The number of amides is 1. The highest BCUT2D eigenvalue weighted by molar-refractivity contribution is 5.90. The van der Waals surface area contributed by atoms with Crippen LogP contribution >= 0.6 is 0 Å². The Bertz CT molecular complexity index is 1400. The van der Waals surface area contributed by atoms with E-state index in [0.29, 0.717) is 19.4 Å². The smallest absolute Gasteiger partial charge is 0.407 e. The molecule has 1 N–H and O–H groups in total. The minimum atomic E-state index is -0.556. The summed E-state index contributed by atoms with van der Waals surface area (Å²) >= 11 is 0. The molecular weight excluding hydrogens is 494 g/mol. The van der Waals surface area contributed by atoms with Gasteiger partial charge in [0.2, 0.25) is 0 Å². The molecular formula is C30H41N5O4. The van der Waals surface area contributed by atoms with E-state index in [9.17, 15) is 9.59 Å². The fraction of sp³-hybridized carbons (Fsp3) is 0.600. The zero-order valence-electron chi connectivity index (χ0n) is 23.9. The maximum Gasteiger partial charge on any atom is 0.407 e. The van der Waals surface area contributed by atoms with E-state index < -0.39 is 11.7 Å². The van der Waals surface area contributed by atoms with E-state index in [1.54, 1.807) is 10.7 Å². The van der Waals surface area contributed by atoms with Gasteiger partial charge in [-0.05, 0) is 82.4 Å². The van der Waals surface area contributed by atoms with Crippen LogP contribution in [0.4, 0.5) is 10.5 Å². The Morgan fingerprint density at radius 1 is 1.18 bits per heavy atom. The molecule has 210 valence electrons. The van der Waals surface area contributed by atoms with Crippen molar-refractivity contribution in [3.8, 4) is 0 Å². The topological polar surface area (TPSA) is 102 Å². The summed E-state index contributed by atoms with van der Waals surface area (Å²) in [6.07, 6.45) is 8.02. The van der Waals surface area contributed by atoms with E-state index in [1.165, 1.54) is 16.8 Å². The highest BCUT2D eigenvalue weighted by atomic mass is 16.6. The summed E-state index contributed by atoms with van der Waals surface area (Å²) in [7, 11) is 0. The number of hydrogen-bond acceptors (Lipinski definition) is 7. The van der Waals surface area contributed by atoms with Gasteiger partial charge in [0.15, 0.2) is 0 Å². The molecule has 1 aromatic carbocycles. The molecule has 0 aliphatic carbocycles. The van der Waals surface area contributed by atoms with Crippen molar-refractivity contribution in [3.63, 3.8) is 0 Å². The molecule has 9 heteroatoms. The molecule has 1 unspecified atom stereocenters. The SMILES string of the molecule is CCC(C)[C@@H](Cn1cc(CCc2cc(=O)oc3c4c5c(cc23)CCCN5CCC4)nn1)NC(=O)OC(C)(C)C. The first kappa shape index (κ1) is 27.2. The van der Waals surface area contributed by atoms with E-state index in [-0.39, 0.29) is 17.6 Å². The monoisotopic (exact) mass is 535 g/mol. The standard InChI is InChI=1S/C30H41N5O4/c1-6-19(2)25(31-29(37)39-30(3,4)5)18-35-17-22(32-33-35)12-11-20-16-26(36)38-28-23-10-8-14-34-13-7-9-21(27(23)34)15-24(20)28/h15-17,19,25H,6-14,18H2,1-5H3,(H,31,37)/t19?,25-/m1/s1. The zero-order chi connectivity index (χ0) is 27.7. The fourth-order valence-electron chi connectivity index (χ4n) is 5.86. The van der Waals surface area contributed by atoms with Gasteiger partial charge >= 0.3 is 11.7 Å². The Kier molecular flexibility index (Phi) is 7.69. The van der Waals surface area contributed by atoms with Gasteiger partial charge in [0.1, 0.15) is 11.2 Å². The van der Waals surface area contributed by atoms with Gasteiger partial charge in [-0.3, -0.25) is 4.68 Å². The molecule has 39 heavy (non-hydrogen) atoms. The molecule has 2 aliphatic heterocycles. The second-order valence-corrected chi connectivity index (χ2v) is 12.1. The lowest BCUT2D eigenvalue weighted by molar-refractivity contribution is 0.0479. The van der Waals surface area contributed by atoms with Crippen LogP contribution in [0.5, 0.6) is 0 Å². The number of nitrogens with zero attached hydrogens (tertiary/aromatic N) is 4. The molecule has 2 aromatic heterocycles. The summed E-state index contributed by atoms with van der Waals surface area (Å²) in [6.45, 7) is 12.4. The number of carbonyl (C=O) groups is 1. The average molecular weight is 536 g/mol. The molecule has 0 fully saturated rings. The Morgan fingerprint density at radius 2 is 1.95 bits per heavy atom. The Labute approximate surface area is 229 Å². The van der Waals surface area contributed by atoms with Gasteiger partial charge in [-0.2, -0.15) is 0 Å². The number of nitrogens with one attached hydrogen (secondary N) is 1. The third kappa shape index (κ3) is 6.12. The summed E-state index contributed by atoms with van der Waals surface area (Å²) in [6, 6.07) is 3.75. The van der Waals surface area contributed by atoms with Gasteiger partial charge in [-0.25, -0.2) is 9.59 Å². The number of fused-ring (bicyclic) bond motifs is 2. The van der Waals surface area contributed by atoms with Gasteiger partial charge in [-0.15, -0.1) is 5.10 Å². The lowest BCUT2D eigenvalue weighted by Crippen LogP contribution is -2.44. The maximum atomic E-state index is 12.6. The summed E-state index contributed by atoms with van der Waals surface area (Å²) < 4.78 is 13.1. The van der Waals surface area contributed by atoms with Crippen LogP contribution in [-0.2, 0) is 37.0 Å². The number of rotatable bonds is 8. The van der Waals surface area contributed by atoms with Gasteiger partial charge in [0, 0.05) is 42.0 Å². The minimum absolute atomic E-state index is 0.134. The highest BCUT2D eigenvalue weighted by Crippen LogP contribution is 2.40. The molecule has 2 atom stereocenters. The van der Waals surface area contributed by atoms with Crippen LogP contribution < -0.4 is 15.8 Å². The first-order chi connectivity index (χ1) is 18.6.